The molecule has 0 N–H and O–H groups in total. The van der Waals surface area contributed by atoms with Crippen molar-refractivity contribution >= 4 is 34.7 Å². The van der Waals surface area contributed by atoms with E-state index in [1.54, 1.807) is 11.2 Å². The maximum Gasteiger partial charge on any atom is 0.410 e. The first-order chi connectivity index (χ1) is 11.7. The van der Waals surface area contributed by atoms with Gasteiger partial charge in [-0.2, -0.15) is 9.97 Å². The van der Waals surface area contributed by atoms with Gasteiger partial charge in [0.15, 0.2) is 17.0 Å². The van der Waals surface area contributed by atoms with Crippen molar-refractivity contribution in [3.8, 4) is 0 Å². The van der Waals surface area contributed by atoms with Crippen molar-refractivity contribution in [2.45, 2.75) is 39.3 Å². The summed E-state index contributed by atoms with van der Waals surface area (Å²) in [5.41, 5.74) is 0.902. The molecule has 1 fully saturated rings. The first-order valence-corrected chi connectivity index (χ1v) is 8.62. The van der Waals surface area contributed by atoms with Gasteiger partial charge in [-0.25, -0.2) is 9.78 Å². The first-order valence-electron chi connectivity index (χ1n) is 8.25. The van der Waals surface area contributed by atoms with E-state index in [0.29, 0.717) is 36.6 Å². The molecule has 2 aromatic heterocycles. The molecule has 1 unspecified atom stereocenters. The first kappa shape index (κ1) is 17.7. The maximum absolute atomic E-state index is 12.3. The summed E-state index contributed by atoms with van der Waals surface area (Å²) >= 11 is 6.10. The zero-order chi connectivity index (χ0) is 18.4. The Hall–Kier alpha value is -2.09. The fourth-order valence-electron chi connectivity index (χ4n) is 2.93. The van der Waals surface area contributed by atoms with Crippen LogP contribution in [0.5, 0.6) is 0 Å². The number of piperazine rings is 1. The fraction of sp³-hybridized carbons (Fsp3) is 0.625. The van der Waals surface area contributed by atoms with E-state index in [0.717, 1.165) is 0 Å². The molecule has 0 aliphatic carbocycles. The Morgan fingerprint density at radius 3 is 2.68 bits per heavy atom. The molecule has 0 aromatic carbocycles. The summed E-state index contributed by atoms with van der Waals surface area (Å²) in [5.74, 6) is 0.701. The minimum atomic E-state index is -0.502. The molecular weight excluding hydrogens is 344 g/mol. The van der Waals surface area contributed by atoms with Crippen LogP contribution in [0.1, 0.15) is 27.7 Å². The van der Waals surface area contributed by atoms with Gasteiger partial charge in [-0.3, -0.25) is 0 Å². The summed E-state index contributed by atoms with van der Waals surface area (Å²) in [6.45, 7) is 9.36. The number of carbonyl (C=O) groups is 1. The third-order valence-electron chi connectivity index (χ3n) is 4.07. The Labute approximate surface area is 151 Å². The average molecular weight is 367 g/mol. The summed E-state index contributed by atoms with van der Waals surface area (Å²) in [7, 11) is 1.87. The number of imidazole rings is 1. The molecule has 0 saturated carbocycles. The van der Waals surface area contributed by atoms with Gasteiger partial charge in [0.2, 0.25) is 5.28 Å². The van der Waals surface area contributed by atoms with Gasteiger partial charge in [0, 0.05) is 32.7 Å². The zero-order valence-corrected chi connectivity index (χ0v) is 15.9. The standard InChI is InChI=1S/C16H23ClN6O2/c1-10-8-22(15(24)25-16(2,3)4)6-7-23(10)13-11-12(19-14(17)20-13)21(5)9-18-11/h9-10H,6-8H2,1-5H3. The van der Waals surface area contributed by atoms with E-state index in [1.165, 1.54) is 0 Å². The topological polar surface area (TPSA) is 76.4 Å². The Kier molecular flexibility index (Phi) is 4.49. The number of nitrogens with zero attached hydrogens (tertiary/aromatic N) is 6. The molecule has 3 heterocycles. The molecule has 9 heteroatoms. The highest BCUT2D eigenvalue weighted by molar-refractivity contribution is 6.28. The molecule has 0 bridgehead atoms. The molecule has 1 aliphatic rings. The molecule has 1 atom stereocenters. The summed E-state index contributed by atoms with van der Waals surface area (Å²) < 4.78 is 7.28. The lowest BCUT2D eigenvalue weighted by molar-refractivity contribution is 0.0218. The van der Waals surface area contributed by atoms with E-state index >= 15 is 0 Å². The second-order valence-electron chi connectivity index (χ2n) is 7.31. The number of anilines is 1. The van der Waals surface area contributed by atoms with Crippen LogP contribution in [0, 0.1) is 0 Å². The number of aryl methyl sites for hydroxylation is 1. The molecule has 25 heavy (non-hydrogen) atoms. The van der Waals surface area contributed by atoms with Crippen LogP contribution in [-0.4, -0.2) is 61.8 Å². The van der Waals surface area contributed by atoms with E-state index in [4.69, 9.17) is 16.3 Å². The van der Waals surface area contributed by atoms with Crippen LogP contribution < -0.4 is 4.90 Å². The molecule has 2 aromatic rings. The van der Waals surface area contributed by atoms with Crippen LogP contribution in [0.3, 0.4) is 0 Å². The number of ether oxygens (including phenoxy) is 1. The van der Waals surface area contributed by atoms with Gasteiger partial charge in [0.05, 0.1) is 6.33 Å². The highest BCUT2D eigenvalue weighted by atomic mass is 35.5. The van der Waals surface area contributed by atoms with E-state index < -0.39 is 5.60 Å². The monoisotopic (exact) mass is 366 g/mol. The summed E-state index contributed by atoms with van der Waals surface area (Å²) in [6.07, 6.45) is 1.41. The SMILES string of the molecule is CC1CN(C(=O)OC(C)(C)C)CCN1c1nc(Cl)nc2c1ncn2C. The minimum Gasteiger partial charge on any atom is -0.444 e. The minimum absolute atomic E-state index is 0.0532. The number of halogens is 1. The van der Waals surface area contributed by atoms with E-state index in [1.807, 2.05) is 39.3 Å². The van der Waals surface area contributed by atoms with E-state index in [2.05, 4.69) is 19.9 Å². The number of carbonyl (C=O) groups excluding carboxylic acids is 1. The average Bonchev–Trinajstić information content (AvgIpc) is 2.86. The maximum atomic E-state index is 12.3. The molecule has 3 rings (SSSR count). The predicted molar refractivity (Wildman–Crippen MR) is 95.9 cm³/mol. The van der Waals surface area contributed by atoms with Crippen molar-refractivity contribution < 1.29 is 9.53 Å². The van der Waals surface area contributed by atoms with Crippen LogP contribution in [0.25, 0.3) is 11.2 Å². The summed E-state index contributed by atoms with van der Waals surface area (Å²) in [4.78, 5) is 29.2. The van der Waals surface area contributed by atoms with Crippen molar-refractivity contribution in [1.29, 1.82) is 0 Å². The molecule has 1 amide bonds. The van der Waals surface area contributed by atoms with Crippen LogP contribution >= 0.6 is 11.6 Å². The Balaban J connectivity index is 1.82. The quantitative estimate of drug-likeness (QED) is 0.721. The second kappa shape index (κ2) is 6.33. The molecular formula is C16H23ClN6O2. The van der Waals surface area contributed by atoms with Crippen molar-refractivity contribution in [2.75, 3.05) is 24.5 Å². The van der Waals surface area contributed by atoms with Crippen molar-refractivity contribution in [2.24, 2.45) is 7.05 Å². The highest BCUT2D eigenvalue weighted by Gasteiger charge is 2.32. The van der Waals surface area contributed by atoms with Gasteiger partial charge < -0.3 is 19.1 Å². The predicted octanol–water partition coefficient (Wildman–Crippen LogP) is 2.46. The fourth-order valence-corrected chi connectivity index (χ4v) is 3.09. The Bertz CT molecular complexity index is 800. The largest absolute Gasteiger partial charge is 0.444 e. The van der Waals surface area contributed by atoms with Gasteiger partial charge in [-0.05, 0) is 39.3 Å². The van der Waals surface area contributed by atoms with Gasteiger partial charge >= 0.3 is 6.09 Å². The van der Waals surface area contributed by atoms with Gasteiger partial charge in [0.1, 0.15) is 5.60 Å². The number of aromatic nitrogens is 4. The molecule has 136 valence electrons. The third-order valence-corrected chi connectivity index (χ3v) is 4.23. The summed E-state index contributed by atoms with van der Waals surface area (Å²) in [6, 6.07) is 0.0532. The van der Waals surface area contributed by atoms with E-state index in [-0.39, 0.29) is 17.4 Å². The van der Waals surface area contributed by atoms with Gasteiger partial charge in [-0.15, -0.1) is 0 Å². The van der Waals surface area contributed by atoms with Crippen LogP contribution in [0.4, 0.5) is 10.6 Å². The molecule has 0 radical (unpaired) electrons. The van der Waals surface area contributed by atoms with Crippen LogP contribution in [-0.2, 0) is 11.8 Å². The number of hydrogen-bond donors (Lipinski definition) is 0. The number of fused-ring (bicyclic) bond motifs is 1. The second-order valence-corrected chi connectivity index (χ2v) is 7.65. The lowest BCUT2D eigenvalue weighted by Crippen LogP contribution is -2.55. The molecule has 1 aliphatic heterocycles. The lowest BCUT2D eigenvalue weighted by Gasteiger charge is -2.40. The number of rotatable bonds is 1. The number of amides is 1. The molecule has 8 nitrogen and oxygen atoms in total. The third kappa shape index (κ3) is 3.63. The normalized spacial score (nSPS) is 18.7. The summed E-state index contributed by atoms with van der Waals surface area (Å²) in [5, 5.41) is 0.188. The molecule has 1 saturated heterocycles. The lowest BCUT2D eigenvalue weighted by atomic mass is 10.2. The van der Waals surface area contributed by atoms with Crippen molar-refractivity contribution in [3.05, 3.63) is 11.6 Å². The smallest absolute Gasteiger partial charge is 0.410 e. The Morgan fingerprint density at radius 1 is 1.32 bits per heavy atom. The number of hydrogen-bond acceptors (Lipinski definition) is 6. The van der Waals surface area contributed by atoms with Crippen molar-refractivity contribution in [1.82, 2.24) is 24.4 Å². The highest BCUT2D eigenvalue weighted by Crippen LogP contribution is 2.27. The molecule has 0 spiro atoms. The van der Waals surface area contributed by atoms with E-state index in [9.17, 15) is 4.79 Å². The van der Waals surface area contributed by atoms with Gasteiger partial charge in [0.25, 0.3) is 0 Å². The van der Waals surface area contributed by atoms with Crippen molar-refractivity contribution in [3.63, 3.8) is 0 Å². The Morgan fingerprint density at radius 2 is 2.04 bits per heavy atom. The van der Waals surface area contributed by atoms with Crippen LogP contribution in [0.15, 0.2) is 6.33 Å². The zero-order valence-electron chi connectivity index (χ0n) is 15.2. The van der Waals surface area contributed by atoms with Crippen LogP contribution in [0.2, 0.25) is 5.28 Å². The van der Waals surface area contributed by atoms with Gasteiger partial charge in [-0.1, -0.05) is 0 Å².